The van der Waals surface area contributed by atoms with Gasteiger partial charge in [0.1, 0.15) is 0 Å². The standard InChI is InChI=1S/C21H29N5O4S/c1-4-24(5-2)17-9-7-16(8-10-17)19-22-23-20(30-19)31-15-18(27)25-11-13-26(14-12-25)21(28)29-6-3/h7-10H,4-6,11-15H2,1-3H3. The van der Waals surface area contributed by atoms with E-state index in [4.69, 9.17) is 9.15 Å². The summed E-state index contributed by atoms with van der Waals surface area (Å²) in [5, 5.41) is 8.52. The molecule has 1 aromatic heterocycles. The SMILES string of the molecule is CCOC(=O)N1CCN(C(=O)CSc2nnc(-c3ccc(N(CC)CC)cc3)o2)CC1. The van der Waals surface area contributed by atoms with E-state index < -0.39 is 0 Å². The zero-order valence-electron chi connectivity index (χ0n) is 18.2. The summed E-state index contributed by atoms with van der Waals surface area (Å²) in [6.45, 7) is 10.2. The number of rotatable bonds is 8. The number of nitrogens with zero attached hydrogens (tertiary/aromatic N) is 5. The molecule has 10 heteroatoms. The second-order valence-electron chi connectivity index (χ2n) is 6.95. The molecule has 0 saturated carbocycles. The molecule has 0 unspecified atom stereocenters. The molecule has 0 atom stereocenters. The summed E-state index contributed by atoms with van der Waals surface area (Å²) >= 11 is 1.22. The van der Waals surface area contributed by atoms with Gasteiger partial charge in [0.05, 0.1) is 12.4 Å². The lowest BCUT2D eigenvalue weighted by Gasteiger charge is -2.33. The molecule has 1 fully saturated rings. The summed E-state index contributed by atoms with van der Waals surface area (Å²) in [7, 11) is 0. The number of hydrogen-bond donors (Lipinski definition) is 0. The molecule has 9 nitrogen and oxygen atoms in total. The maximum Gasteiger partial charge on any atom is 0.409 e. The smallest absolute Gasteiger partial charge is 0.409 e. The highest BCUT2D eigenvalue weighted by atomic mass is 32.2. The van der Waals surface area contributed by atoms with E-state index in [-0.39, 0.29) is 17.8 Å². The Morgan fingerprint density at radius 2 is 1.68 bits per heavy atom. The first-order valence-electron chi connectivity index (χ1n) is 10.6. The third-order valence-electron chi connectivity index (χ3n) is 5.13. The van der Waals surface area contributed by atoms with Gasteiger partial charge in [0.15, 0.2) is 0 Å². The van der Waals surface area contributed by atoms with Gasteiger partial charge in [-0.3, -0.25) is 4.79 Å². The molecule has 1 saturated heterocycles. The average Bonchev–Trinajstić information content (AvgIpc) is 3.28. The van der Waals surface area contributed by atoms with E-state index in [1.165, 1.54) is 11.8 Å². The van der Waals surface area contributed by atoms with Crippen LogP contribution in [0.5, 0.6) is 0 Å². The van der Waals surface area contributed by atoms with E-state index in [2.05, 4.69) is 28.9 Å². The second-order valence-corrected chi connectivity index (χ2v) is 7.87. The van der Waals surface area contributed by atoms with Gasteiger partial charge < -0.3 is 23.9 Å². The van der Waals surface area contributed by atoms with Crippen molar-refractivity contribution in [3.8, 4) is 11.5 Å². The van der Waals surface area contributed by atoms with Crippen molar-refractivity contribution in [1.82, 2.24) is 20.0 Å². The first kappa shape index (κ1) is 22.9. The van der Waals surface area contributed by atoms with Gasteiger partial charge in [0, 0.05) is 50.5 Å². The third-order valence-corrected chi connectivity index (χ3v) is 5.93. The number of carbonyl (C=O) groups excluding carboxylic acids is 2. The molecule has 2 aromatic rings. The number of benzene rings is 1. The number of thioether (sulfide) groups is 1. The van der Waals surface area contributed by atoms with Gasteiger partial charge in [-0.15, -0.1) is 10.2 Å². The van der Waals surface area contributed by atoms with Crippen LogP contribution < -0.4 is 4.90 Å². The van der Waals surface area contributed by atoms with Crippen LogP contribution in [0.15, 0.2) is 33.9 Å². The number of carbonyl (C=O) groups is 2. The quantitative estimate of drug-likeness (QED) is 0.571. The molecule has 3 rings (SSSR count). The molecule has 168 valence electrons. The van der Waals surface area contributed by atoms with Crippen LogP contribution in [0.4, 0.5) is 10.5 Å². The van der Waals surface area contributed by atoms with Crippen molar-refractivity contribution in [1.29, 1.82) is 0 Å². The van der Waals surface area contributed by atoms with Gasteiger partial charge in [0.25, 0.3) is 5.22 Å². The molecule has 0 radical (unpaired) electrons. The molecule has 0 spiro atoms. The van der Waals surface area contributed by atoms with E-state index in [0.29, 0.717) is 43.9 Å². The number of aromatic nitrogens is 2. The summed E-state index contributed by atoms with van der Waals surface area (Å²) in [6, 6.07) is 8.01. The van der Waals surface area contributed by atoms with E-state index >= 15 is 0 Å². The van der Waals surface area contributed by atoms with Gasteiger partial charge in [-0.05, 0) is 45.0 Å². The molecule has 31 heavy (non-hydrogen) atoms. The van der Waals surface area contributed by atoms with E-state index in [1.807, 2.05) is 24.3 Å². The van der Waals surface area contributed by atoms with Crippen LogP contribution in [-0.2, 0) is 9.53 Å². The summed E-state index contributed by atoms with van der Waals surface area (Å²) in [5.74, 6) is 0.628. The van der Waals surface area contributed by atoms with E-state index in [1.54, 1.807) is 16.7 Å². The third kappa shape index (κ3) is 5.90. The number of ether oxygens (including phenoxy) is 1. The molecule has 1 aliphatic heterocycles. The molecule has 1 aromatic carbocycles. The molecule has 0 N–H and O–H groups in total. The Balaban J connectivity index is 1.49. The van der Waals surface area contributed by atoms with Crippen LogP contribution in [0, 0.1) is 0 Å². The second kappa shape index (κ2) is 11.0. The van der Waals surface area contributed by atoms with Crippen molar-refractivity contribution in [2.24, 2.45) is 0 Å². The van der Waals surface area contributed by atoms with Gasteiger partial charge >= 0.3 is 6.09 Å². The zero-order valence-corrected chi connectivity index (χ0v) is 19.1. The predicted octanol–water partition coefficient (Wildman–Crippen LogP) is 2.98. The fourth-order valence-electron chi connectivity index (χ4n) is 3.36. The van der Waals surface area contributed by atoms with Crippen LogP contribution in [0.2, 0.25) is 0 Å². The van der Waals surface area contributed by atoms with Gasteiger partial charge in [-0.25, -0.2) is 4.79 Å². The minimum absolute atomic E-state index is 0.0168. The van der Waals surface area contributed by atoms with Crippen LogP contribution in [0.25, 0.3) is 11.5 Å². The van der Waals surface area contributed by atoms with Crippen LogP contribution >= 0.6 is 11.8 Å². The van der Waals surface area contributed by atoms with Crippen molar-refractivity contribution in [2.45, 2.75) is 26.0 Å². The number of anilines is 1. The summed E-state index contributed by atoms with van der Waals surface area (Å²) in [5.41, 5.74) is 1.99. The maximum absolute atomic E-state index is 12.5. The van der Waals surface area contributed by atoms with Crippen LogP contribution in [0.1, 0.15) is 20.8 Å². The molecular weight excluding hydrogens is 418 g/mol. The molecule has 0 bridgehead atoms. The Hall–Kier alpha value is -2.75. The first-order chi connectivity index (χ1) is 15.0. The lowest BCUT2D eigenvalue weighted by Crippen LogP contribution is -2.51. The predicted molar refractivity (Wildman–Crippen MR) is 119 cm³/mol. The highest BCUT2D eigenvalue weighted by molar-refractivity contribution is 7.99. The van der Waals surface area contributed by atoms with E-state index in [0.717, 1.165) is 24.3 Å². The Labute approximate surface area is 186 Å². The maximum atomic E-state index is 12.5. The Morgan fingerprint density at radius 3 is 2.29 bits per heavy atom. The van der Waals surface area contributed by atoms with Gasteiger partial charge in [0.2, 0.25) is 11.8 Å². The fraction of sp³-hybridized carbons (Fsp3) is 0.524. The van der Waals surface area contributed by atoms with Crippen LogP contribution in [-0.4, -0.2) is 83.6 Å². The zero-order chi connectivity index (χ0) is 22.2. The highest BCUT2D eigenvalue weighted by Crippen LogP contribution is 2.25. The monoisotopic (exact) mass is 447 g/mol. The fourth-order valence-corrected chi connectivity index (χ4v) is 4.02. The molecule has 2 amide bonds. The Morgan fingerprint density at radius 1 is 1.03 bits per heavy atom. The normalized spacial score (nSPS) is 13.9. The topological polar surface area (TPSA) is 92.0 Å². The summed E-state index contributed by atoms with van der Waals surface area (Å²) in [4.78, 5) is 29.9. The largest absolute Gasteiger partial charge is 0.450 e. The lowest BCUT2D eigenvalue weighted by molar-refractivity contribution is -0.129. The van der Waals surface area contributed by atoms with E-state index in [9.17, 15) is 9.59 Å². The van der Waals surface area contributed by atoms with Gasteiger partial charge in [-0.2, -0.15) is 0 Å². The molecular formula is C21H29N5O4S. The average molecular weight is 448 g/mol. The minimum Gasteiger partial charge on any atom is -0.450 e. The Bertz CT molecular complexity index is 861. The molecule has 2 heterocycles. The van der Waals surface area contributed by atoms with Crippen LogP contribution in [0.3, 0.4) is 0 Å². The minimum atomic E-state index is -0.326. The number of hydrogen-bond acceptors (Lipinski definition) is 8. The lowest BCUT2D eigenvalue weighted by atomic mass is 10.2. The van der Waals surface area contributed by atoms with Crippen molar-refractivity contribution < 1.29 is 18.7 Å². The highest BCUT2D eigenvalue weighted by Gasteiger charge is 2.25. The van der Waals surface area contributed by atoms with Crippen molar-refractivity contribution in [2.75, 3.05) is 56.5 Å². The molecule has 0 aliphatic carbocycles. The number of amides is 2. The molecule has 1 aliphatic rings. The summed E-state index contributed by atoms with van der Waals surface area (Å²) in [6.07, 6.45) is -0.326. The van der Waals surface area contributed by atoms with Crippen molar-refractivity contribution in [3.05, 3.63) is 24.3 Å². The van der Waals surface area contributed by atoms with Crippen molar-refractivity contribution >= 4 is 29.4 Å². The van der Waals surface area contributed by atoms with Gasteiger partial charge in [-0.1, -0.05) is 11.8 Å². The Kier molecular flexibility index (Phi) is 8.16. The first-order valence-corrected chi connectivity index (χ1v) is 11.5. The van der Waals surface area contributed by atoms with Crippen molar-refractivity contribution in [3.63, 3.8) is 0 Å². The summed E-state index contributed by atoms with van der Waals surface area (Å²) < 4.78 is 10.7. The number of piperazine rings is 1.